The van der Waals surface area contributed by atoms with Gasteiger partial charge in [-0.15, -0.1) is 11.3 Å². The van der Waals surface area contributed by atoms with Gasteiger partial charge in [-0.05, 0) is 5.56 Å². The number of thiazole rings is 1. The van der Waals surface area contributed by atoms with Crippen molar-refractivity contribution in [3.05, 3.63) is 52.5 Å². The van der Waals surface area contributed by atoms with E-state index in [2.05, 4.69) is 4.98 Å². The van der Waals surface area contributed by atoms with Gasteiger partial charge in [0.05, 0.1) is 0 Å². The van der Waals surface area contributed by atoms with E-state index >= 15 is 0 Å². The van der Waals surface area contributed by atoms with Gasteiger partial charge in [-0.1, -0.05) is 30.3 Å². The Labute approximate surface area is 110 Å². The molecule has 1 amide bonds. The van der Waals surface area contributed by atoms with Crippen LogP contribution in [0.4, 0.5) is 4.79 Å². The lowest BCUT2D eigenvalue weighted by Crippen LogP contribution is -2.25. The minimum atomic E-state index is -0.443. The zero-order valence-electron chi connectivity index (χ0n) is 10.2. The van der Waals surface area contributed by atoms with Crippen LogP contribution in [0.3, 0.4) is 0 Å². The van der Waals surface area contributed by atoms with Gasteiger partial charge in [0.1, 0.15) is 5.01 Å². The Morgan fingerprint density at radius 2 is 2.06 bits per heavy atom. The minimum absolute atomic E-state index is 0.376. The van der Waals surface area contributed by atoms with Crippen molar-refractivity contribution in [1.82, 2.24) is 9.88 Å². The van der Waals surface area contributed by atoms with Crippen molar-refractivity contribution in [2.45, 2.75) is 6.10 Å². The van der Waals surface area contributed by atoms with Crippen LogP contribution in [-0.4, -0.2) is 30.1 Å². The topological polar surface area (TPSA) is 42.4 Å². The highest BCUT2D eigenvalue weighted by Gasteiger charge is 2.21. The van der Waals surface area contributed by atoms with Crippen molar-refractivity contribution in [3.8, 4) is 0 Å². The molecule has 1 aromatic carbocycles. The third kappa shape index (κ3) is 2.87. The summed E-state index contributed by atoms with van der Waals surface area (Å²) in [6.07, 6.45) is 0.888. The number of aromatic nitrogens is 1. The first kappa shape index (κ1) is 12.6. The first-order chi connectivity index (χ1) is 8.68. The quantitative estimate of drug-likeness (QED) is 0.854. The Hall–Kier alpha value is -1.88. The van der Waals surface area contributed by atoms with Crippen LogP contribution in [0, 0.1) is 0 Å². The lowest BCUT2D eigenvalue weighted by atomic mass is 10.1. The van der Waals surface area contributed by atoms with Crippen LogP contribution in [0.25, 0.3) is 0 Å². The van der Waals surface area contributed by atoms with Gasteiger partial charge in [-0.2, -0.15) is 0 Å². The summed E-state index contributed by atoms with van der Waals surface area (Å²) in [5.41, 5.74) is 0.919. The van der Waals surface area contributed by atoms with Crippen LogP contribution in [-0.2, 0) is 4.74 Å². The second-order valence-electron chi connectivity index (χ2n) is 3.94. The number of carbonyl (C=O) groups is 1. The van der Waals surface area contributed by atoms with E-state index < -0.39 is 6.10 Å². The molecule has 1 heterocycles. The molecular weight excluding hydrogens is 248 g/mol. The molecule has 0 bridgehead atoms. The van der Waals surface area contributed by atoms with Crippen molar-refractivity contribution in [2.24, 2.45) is 0 Å². The van der Waals surface area contributed by atoms with Crippen LogP contribution in [0.1, 0.15) is 16.7 Å². The Bertz CT molecular complexity index is 497. The van der Waals surface area contributed by atoms with Gasteiger partial charge >= 0.3 is 6.09 Å². The van der Waals surface area contributed by atoms with Crippen LogP contribution in [0.2, 0.25) is 0 Å². The molecule has 0 aliphatic rings. The van der Waals surface area contributed by atoms with Gasteiger partial charge in [0.25, 0.3) is 0 Å². The molecule has 4 nitrogen and oxygen atoms in total. The van der Waals surface area contributed by atoms with E-state index in [1.54, 1.807) is 20.3 Å². The molecule has 0 spiro atoms. The number of carbonyl (C=O) groups excluding carboxylic acids is 1. The van der Waals surface area contributed by atoms with Crippen molar-refractivity contribution in [1.29, 1.82) is 0 Å². The van der Waals surface area contributed by atoms with Gasteiger partial charge < -0.3 is 9.64 Å². The molecule has 2 aromatic rings. The van der Waals surface area contributed by atoms with Gasteiger partial charge in [-0.25, -0.2) is 9.78 Å². The SMILES string of the molecule is CN(C)C(=O)OC(c1ccccc1)c1nccs1. The highest BCUT2D eigenvalue weighted by atomic mass is 32.1. The van der Waals surface area contributed by atoms with Gasteiger partial charge in [-0.3, -0.25) is 0 Å². The third-order valence-corrected chi connectivity index (χ3v) is 3.18. The fraction of sp³-hybridized carbons (Fsp3) is 0.231. The number of hydrogen-bond acceptors (Lipinski definition) is 4. The molecule has 0 radical (unpaired) electrons. The molecule has 0 saturated carbocycles. The average Bonchev–Trinajstić information content (AvgIpc) is 2.90. The van der Waals surface area contributed by atoms with E-state index in [1.807, 2.05) is 35.7 Å². The van der Waals surface area contributed by atoms with Gasteiger partial charge in [0, 0.05) is 25.7 Å². The fourth-order valence-electron chi connectivity index (χ4n) is 1.46. The highest BCUT2D eigenvalue weighted by Crippen LogP contribution is 2.27. The third-order valence-electron chi connectivity index (χ3n) is 2.36. The summed E-state index contributed by atoms with van der Waals surface area (Å²) in [7, 11) is 3.32. The summed E-state index contributed by atoms with van der Waals surface area (Å²) in [5, 5.41) is 2.64. The molecule has 0 saturated heterocycles. The lowest BCUT2D eigenvalue weighted by molar-refractivity contribution is 0.0909. The zero-order chi connectivity index (χ0) is 13.0. The smallest absolute Gasteiger partial charge is 0.410 e. The van der Waals surface area contributed by atoms with Crippen LogP contribution in [0.15, 0.2) is 41.9 Å². The van der Waals surface area contributed by atoms with Crippen molar-refractivity contribution in [2.75, 3.05) is 14.1 Å². The molecule has 0 fully saturated rings. The highest BCUT2D eigenvalue weighted by molar-refractivity contribution is 7.09. The van der Waals surface area contributed by atoms with Crippen molar-refractivity contribution < 1.29 is 9.53 Å². The maximum absolute atomic E-state index is 11.7. The van der Waals surface area contributed by atoms with Crippen molar-refractivity contribution >= 4 is 17.4 Å². The van der Waals surface area contributed by atoms with E-state index in [4.69, 9.17) is 4.74 Å². The molecule has 0 N–H and O–H groups in total. The first-order valence-corrected chi connectivity index (χ1v) is 6.38. The van der Waals surface area contributed by atoms with E-state index in [1.165, 1.54) is 16.2 Å². The van der Waals surface area contributed by atoms with Crippen LogP contribution in [0.5, 0.6) is 0 Å². The van der Waals surface area contributed by atoms with E-state index in [-0.39, 0.29) is 6.09 Å². The molecule has 1 aromatic heterocycles. The van der Waals surface area contributed by atoms with E-state index in [0.29, 0.717) is 0 Å². The number of hydrogen-bond donors (Lipinski definition) is 0. The molecular formula is C13H14N2O2S. The van der Waals surface area contributed by atoms with E-state index in [0.717, 1.165) is 10.6 Å². The molecule has 1 unspecified atom stereocenters. The Morgan fingerprint density at radius 1 is 1.33 bits per heavy atom. The summed E-state index contributed by atoms with van der Waals surface area (Å²) >= 11 is 1.47. The maximum Gasteiger partial charge on any atom is 0.410 e. The number of rotatable bonds is 3. The molecule has 94 valence electrons. The summed E-state index contributed by atoms with van der Waals surface area (Å²) < 4.78 is 5.48. The van der Waals surface area contributed by atoms with Crippen LogP contribution < -0.4 is 0 Å². The largest absolute Gasteiger partial charge is 0.434 e. The van der Waals surface area contributed by atoms with Gasteiger partial charge in [0.2, 0.25) is 0 Å². The second-order valence-corrected chi connectivity index (χ2v) is 4.87. The minimum Gasteiger partial charge on any atom is -0.434 e. The molecule has 2 rings (SSSR count). The Kier molecular flexibility index (Phi) is 3.94. The molecule has 1 atom stereocenters. The van der Waals surface area contributed by atoms with Crippen LogP contribution >= 0.6 is 11.3 Å². The number of benzene rings is 1. The maximum atomic E-state index is 11.7. The molecule has 18 heavy (non-hydrogen) atoms. The van der Waals surface area contributed by atoms with Gasteiger partial charge in [0.15, 0.2) is 6.10 Å². The first-order valence-electron chi connectivity index (χ1n) is 5.50. The summed E-state index contributed by atoms with van der Waals surface area (Å²) in [4.78, 5) is 17.3. The molecule has 5 heteroatoms. The standard InChI is InChI=1S/C13H14N2O2S/c1-15(2)13(16)17-11(12-14-8-9-18-12)10-6-4-3-5-7-10/h3-9,11H,1-2H3. The zero-order valence-corrected chi connectivity index (χ0v) is 11.1. The normalized spacial score (nSPS) is 11.9. The summed E-state index contributed by atoms with van der Waals surface area (Å²) in [6, 6.07) is 9.61. The number of nitrogens with zero attached hydrogens (tertiary/aromatic N) is 2. The second kappa shape index (κ2) is 5.64. The summed E-state index contributed by atoms with van der Waals surface area (Å²) in [5.74, 6) is 0. The molecule has 0 aliphatic heterocycles. The van der Waals surface area contributed by atoms with E-state index in [9.17, 15) is 4.79 Å². The summed E-state index contributed by atoms with van der Waals surface area (Å²) in [6.45, 7) is 0. The Morgan fingerprint density at radius 3 is 2.61 bits per heavy atom. The van der Waals surface area contributed by atoms with Crippen molar-refractivity contribution in [3.63, 3.8) is 0 Å². The number of amides is 1. The number of ether oxygens (including phenoxy) is 1. The predicted molar refractivity (Wildman–Crippen MR) is 70.6 cm³/mol. The predicted octanol–water partition coefficient (Wildman–Crippen LogP) is 2.93. The fourth-order valence-corrected chi connectivity index (χ4v) is 2.15. The monoisotopic (exact) mass is 262 g/mol. The lowest BCUT2D eigenvalue weighted by Gasteiger charge is -2.19. The molecule has 0 aliphatic carbocycles. The average molecular weight is 262 g/mol. The Balaban J connectivity index is 2.27.